The standard InChI is InChI=1S/C11H14F3NO3/c1-4-18-10(16)9(6-5-7-15-17-3)8(2)11(12,13)14/h5-7H,4H2,1-3H3/b6-5-,9-8-,15-7+. The van der Waals surface area contributed by atoms with E-state index in [2.05, 4.69) is 14.7 Å². The van der Waals surface area contributed by atoms with E-state index in [0.29, 0.717) is 0 Å². The Balaban J connectivity index is 5.25. The number of carbonyl (C=O) groups is 1. The summed E-state index contributed by atoms with van der Waals surface area (Å²) in [6.45, 7) is 2.31. The van der Waals surface area contributed by atoms with Gasteiger partial charge in [0.15, 0.2) is 0 Å². The van der Waals surface area contributed by atoms with Gasteiger partial charge in [-0.2, -0.15) is 13.2 Å². The molecule has 0 bridgehead atoms. The van der Waals surface area contributed by atoms with E-state index in [-0.39, 0.29) is 6.61 Å². The lowest BCUT2D eigenvalue weighted by Gasteiger charge is -2.10. The van der Waals surface area contributed by atoms with Crippen LogP contribution in [0.1, 0.15) is 13.8 Å². The van der Waals surface area contributed by atoms with E-state index in [0.717, 1.165) is 25.3 Å². The van der Waals surface area contributed by atoms with Crippen LogP contribution in [0.4, 0.5) is 13.2 Å². The fourth-order valence-electron chi connectivity index (χ4n) is 0.943. The SMILES string of the molecule is CCOC(=O)C(/C=C\C=N\OC)=C(/C)C(F)(F)F. The number of oxime groups is 1. The summed E-state index contributed by atoms with van der Waals surface area (Å²) in [6, 6.07) is 0. The van der Waals surface area contributed by atoms with Gasteiger partial charge >= 0.3 is 12.1 Å². The Morgan fingerprint density at radius 1 is 1.39 bits per heavy atom. The Labute approximate surface area is 103 Å². The van der Waals surface area contributed by atoms with Crippen LogP contribution in [0.15, 0.2) is 28.5 Å². The third-order valence-corrected chi connectivity index (χ3v) is 1.84. The second kappa shape index (κ2) is 7.52. The van der Waals surface area contributed by atoms with Gasteiger partial charge in [-0.25, -0.2) is 4.79 Å². The first-order valence-corrected chi connectivity index (χ1v) is 5.03. The van der Waals surface area contributed by atoms with Crippen LogP contribution in [0.2, 0.25) is 0 Å². The number of ether oxygens (including phenoxy) is 1. The van der Waals surface area contributed by atoms with Crippen molar-refractivity contribution < 1.29 is 27.5 Å². The molecule has 102 valence electrons. The summed E-state index contributed by atoms with van der Waals surface area (Å²) in [5.41, 5.74) is -1.59. The van der Waals surface area contributed by atoms with Gasteiger partial charge in [0, 0.05) is 5.57 Å². The van der Waals surface area contributed by atoms with Gasteiger partial charge in [-0.3, -0.25) is 0 Å². The summed E-state index contributed by atoms with van der Waals surface area (Å²) in [6.07, 6.45) is -1.35. The molecule has 0 radical (unpaired) electrons. The van der Waals surface area contributed by atoms with E-state index in [1.807, 2.05) is 0 Å². The third kappa shape index (κ3) is 5.51. The molecule has 0 aliphatic heterocycles. The Kier molecular flexibility index (Phi) is 6.77. The van der Waals surface area contributed by atoms with E-state index in [1.165, 1.54) is 14.0 Å². The molecule has 18 heavy (non-hydrogen) atoms. The lowest BCUT2D eigenvalue weighted by atomic mass is 10.1. The number of hydrogen-bond donors (Lipinski definition) is 0. The topological polar surface area (TPSA) is 47.9 Å². The molecule has 0 aromatic carbocycles. The first-order chi connectivity index (χ1) is 8.34. The first kappa shape index (κ1) is 16.2. The molecule has 0 aliphatic rings. The van der Waals surface area contributed by atoms with Crippen molar-refractivity contribution in [3.8, 4) is 0 Å². The van der Waals surface area contributed by atoms with Crippen molar-refractivity contribution in [2.75, 3.05) is 13.7 Å². The van der Waals surface area contributed by atoms with Crippen molar-refractivity contribution in [3.63, 3.8) is 0 Å². The molecular formula is C11H14F3NO3. The molecule has 7 heteroatoms. The average Bonchev–Trinajstić information content (AvgIpc) is 2.27. The molecule has 0 fully saturated rings. The van der Waals surface area contributed by atoms with Crippen LogP contribution < -0.4 is 0 Å². The quantitative estimate of drug-likeness (QED) is 0.252. The smallest absolute Gasteiger partial charge is 0.413 e. The van der Waals surface area contributed by atoms with Crippen LogP contribution in [0.5, 0.6) is 0 Å². The molecule has 0 N–H and O–H groups in total. The van der Waals surface area contributed by atoms with Crippen molar-refractivity contribution >= 4 is 12.2 Å². The minimum atomic E-state index is -4.59. The van der Waals surface area contributed by atoms with Gasteiger partial charge in [0.2, 0.25) is 0 Å². The van der Waals surface area contributed by atoms with Gasteiger partial charge in [-0.05, 0) is 26.0 Å². The molecule has 4 nitrogen and oxygen atoms in total. The Bertz CT molecular complexity index is 370. The zero-order valence-electron chi connectivity index (χ0n) is 10.2. The molecule has 0 heterocycles. The number of hydrogen-bond acceptors (Lipinski definition) is 4. The second-order valence-corrected chi connectivity index (χ2v) is 3.05. The normalized spacial score (nSPS) is 13.9. The molecule has 0 aliphatic carbocycles. The first-order valence-electron chi connectivity index (χ1n) is 5.03. The van der Waals surface area contributed by atoms with Crippen LogP contribution in [0.3, 0.4) is 0 Å². The van der Waals surface area contributed by atoms with Gasteiger partial charge in [0.25, 0.3) is 0 Å². The fraction of sp³-hybridized carbons (Fsp3) is 0.455. The Hall–Kier alpha value is -1.79. The predicted molar refractivity (Wildman–Crippen MR) is 60.0 cm³/mol. The molecule has 0 atom stereocenters. The third-order valence-electron chi connectivity index (χ3n) is 1.84. The van der Waals surface area contributed by atoms with E-state index < -0.39 is 23.3 Å². The summed E-state index contributed by atoms with van der Waals surface area (Å²) >= 11 is 0. The lowest BCUT2D eigenvalue weighted by Crippen LogP contribution is -2.17. The van der Waals surface area contributed by atoms with Crippen molar-refractivity contribution in [1.82, 2.24) is 0 Å². The van der Waals surface area contributed by atoms with Crippen molar-refractivity contribution in [1.29, 1.82) is 0 Å². The minimum absolute atomic E-state index is 0.00648. The highest BCUT2D eigenvalue weighted by Crippen LogP contribution is 2.28. The van der Waals surface area contributed by atoms with Crippen LogP contribution in [0.25, 0.3) is 0 Å². The number of halogens is 3. The number of alkyl halides is 3. The van der Waals surface area contributed by atoms with E-state index >= 15 is 0 Å². The van der Waals surface area contributed by atoms with Crippen molar-refractivity contribution in [2.45, 2.75) is 20.0 Å². The van der Waals surface area contributed by atoms with Gasteiger partial charge in [0.05, 0.1) is 18.4 Å². The molecular weight excluding hydrogens is 251 g/mol. The van der Waals surface area contributed by atoms with Gasteiger partial charge < -0.3 is 9.57 Å². The van der Waals surface area contributed by atoms with E-state index in [9.17, 15) is 18.0 Å². The van der Waals surface area contributed by atoms with Gasteiger partial charge in [-0.1, -0.05) is 5.16 Å². The van der Waals surface area contributed by atoms with Crippen LogP contribution in [-0.2, 0) is 14.4 Å². The molecule has 0 rings (SSSR count). The molecule has 0 saturated carbocycles. The lowest BCUT2D eigenvalue weighted by molar-refractivity contribution is -0.139. The minimum Gasteiger partial charge on any atom is -0.462 e. The molecule has 0 amide bonds. The number of allylic oxidation sites excluding steroid dienone is 2. The van der Waals surface area contributed by atoms with Gasteiger partial charge in [0.1, 0.15) is 7.11 Å². The summed E-state index contributed by atoms with van der Waals surface area (Å²) in [5, 5.41) is 3.30. The van der Waals surface area contributed by atoms with Crippen LogP contribution in [0, 0.1) is 0 Å². The van der Waals surface area contributed by atoms with E-state index in [4.69, 9.17) is 0 Å². The molecule has 0 unspecified atom stereocenters. The average molecular weight is 265 g/mol. The monoisotopic (exact) mass is 265 g/mol. The predicted octanol–water partition coefficient (Wildman–Crippen LogP) is 2.62. The van der Waals surface area contributed by atoms with E-state index in [1.54, 1.807) is 0 Å². The Morgan fingerprint density at radius 2 is 2.00 bits per heavy atom. The maximum absolute atomic E-state index is 12.5. The Morgan fingerprint density at radius 3 is 2.44 bits per heavy atom. The summed E-state index contributed by atoms with van der Waals surface area (Å²) in [7, 11) is 1.29. The highest BCUT2D eigenvalue weighted by Gasteiger charge is 2.34. The largest absolute Gasteiger partial charge is 0.462 e. The fourth-order valence-corrected chi connectivity index (χ4v) is 0.943. The van der Waals surface area contributed by atoms with Crippen molar-refractivity contribution in [3.05, 3.63) is 23.3 Å². The molecule has 0 saturated heterocycles. The number of rotatable bonds is 5. The van der Waals surface area contributed by atoms with Crippen LogP contribution in [-0.4, -0.2) is 32.1 Å². The number of carbonyl (C=O) groups excluding carboxylic acids is 1. The second-order valence-electron chi connectivity index (χ2n) is 3.05. The maximum atomic E-state index is 12.5. The molecule has 0 spiro atoms. The number of esters is 1. The number of nitrogens with zero attached hydrogens (tertiary/aromatic N) is 1. The summed E-state index contributed by atoms with van der Waals surface area (Å²) in [4.78, 5) is 15.7. The zero-order chi connectivity index (χ0) is 14.2. The highest BCUT2D eigenvalue weighted by atomic mass is 19.4. The summed E-state index contributed by atoms with van der Waals surface area (Å²) in [5.74, 6) is -1.03. The molecule has 0 aromatic heterocycles. The zero-order valence-corrected chi connectivity index (χ0v) is 10.2. The van der Waals surface area contributed by atoms with Crippen molar-refractivity contribution in [2.24, 2.45) is 5.16 Å². The van der Waals surface area contributed by atoms with Crippen LogP contribution >= 0.6 is 0 Å². The summed E-state index contributed by atoms with van der Waals surface area (Å²) < 4.78 is 42.1. The maximum Gasteiger partial charge on any atom is 0.413 e. The van der Waals surface area contributed by atoms with Gasteiger partial charge in [-0.15, -0.1) is 0 Å². The highest BCUT2D eigenvalue weighted by molar-refractivity contribution is 5.93. The molecule has 0 aromatic rings.